The molecule has 1 aliphatic carbocycles. The highest BCUT2D eigenvalue weighted by Crippen LogP contribution is 2.16. The van der Waals surface area contributed by atoms with Gasteiger partial charge < -0.3 is 16.4 Å². The molecule has 1 aliphatic rings. The Bertz CT molecular complexity index is 300. The lowest BCUT2D eigenvalue weighted by molar-refractivity contribution is -0.121. The van der Waals surface area contributed by atoms with Crippen LogP contribution in [0.15, 0.2) is 4.99 Å². The lowest BCUT2D eigenvalue weighted by Crippen LogP contribution is -2.40. The average Bonchev–Trinajstić information content (AvgIpc) is 2.56. The Morgan fingerprint density at radius 3 is 2.40 bits per heavy atom. The first-order valence-corrected chi connectivity index (χ1v) is 7.43. The molecule has 118 valence electrons. The monoisotopic (exact) mass is 396 g/mol. The summed E-state index contributed by atoms with van der Waals surface area (Å²) in [7, 11) is 0. The van der Waals surface area contributed by atoms with E-state index in [1.54, 1.807) is 0 Å². The van der Waals surface area contributed by atoms with E-state index >= 15 is 0 Å². The topological polar surface area (TPSA) is 79.5 Å². The molecule has 0 heterocycles. The van der Waals surface area contributed by atoms with Crippen LogP contribution in [0.25, 0.3) is 0 Å². The third-order valence-corrected chi connectivity index (χ3v) is 3.28. The second kappa shape index (κ2) is 11.2. The maximum Gasteiger partial charge on any atom is 0.222 e. The molecular formula is C14H29IN4O. The van der Waals surface area contributed by atoms with Crippen molar-refractivity contribution in [2.75, 3.05) is 6.54 Å². The van der Waals surface area contributed by atoms with Crippen LogP contribution in [0.3, 0.4) is 0 Å². The SMILES string of the molecule is CC(C)NC(=O)CCN=C(N)NC1CCCCCC1.I. The molecule has 0 bridgehead atoms. The molecule has 0 atom stereocenters. The van der Waals surface area contributed by atoms with E-state index in [9.17, 15) is 4.79 Å². The van der Waals surface area contributed by atoms with Crippen molar-refractivity contribution in [1.29, 1.82) is 0 Å². The zero-order valence-electron chi connectivity index (χ0n) is 12.7. The van der Waals surface area contributed by atoms with Crippen molar-refractivity contribution in [3.8, 4) is 0 Å². The number of guanidine groups is 1. The fourth-order valence-corrected chi connectivity index (χ4v) is 2.35. The van der Waals surface area contributed by atoms with Crippen LogP contribution in [0.1, 0.15) is 58.8 Å². The number of nitrogens with two attached hydrogens (primary N) is 1. The molecule has 6 heteroatoms. The van der Waals surface area contributed by atoms with Gasteiger partial charge in [0.25, 0.3) is 0 Å². The van der Waals surface area contributed by atoms with Crippen LogP contribution in [0, 0.1) is 0 Å². The Balaban J connectivity index is 0.00000361. The number of hydrogen-bond donors (Lipinski definition) is 3. The third kappa shape index (κ3) is 9.39. The number of aliphatic imine (C=N–C) groups is 1. The molecule has 0 radical (unpaired) electrons. The van der Waals surface area contributed by atoms with Crippen LogP contribution in [0.5, 0.6) is 0 Å². The third-order valence-electron chi connectivity index (χ3n) is 3.28. The highest BCUT2D eigenvalue weighted by molar-refractivity contribution is 14.0. The Morgan fingerprint density at radius 1 is 1.25 bits per heavy atom. The predicted molar refractivity (Wildman–Crippen MR) is 94.4 cm³/mol. The molecule has 1 fully saturated rings. The Hall–Kier alpha value is -0.530. The van der Waals surface area contributed by atoms with Gasteiger partial charge in [-0.1, -0.05) is 25.7 Å². The van der Waals surface area contributed by atoms with Crippen molar-refractivity contribution in [3.05, 3.63) is 0 Å². The highest BCUT2D eigenvalue weighted by Gasteiger charge is 2.12. The fourth-order valence-electron chi connectivity index (χ4n) is 2.35. The van der Waals surface area contributed by atoms with Crippen LogP contribution < -0.4 is 16.4 Å². The number of nitrogens with zero attached hydrogens (tertiary/aromatic N) is 1. The van der Waals surface area contributed by atoms with Crippen molar-refractivity contribution < 1.29 is 4.79 Å². The van der Waals surface area contributed by atoms with Gasteiger partial charge in [0, 0.05) is 18.5 Å². The number of carbonyl (C=O) groups is 1. The van der Waals surface area contributed by atoms with Gasteiger partial charge in [0.15, 0.2) is 5.96 Å². The van der Waals surface area contributed by atoms with Crippen LogP contribution in [-0.4, -0.2) is 30.5 Å². The summed E-state index contributed by atoms with van der Waals surface area (Å²) in [4.78, 5) is 15.6. The molecule has 0 aromatic rings. The van der Waals surface area contributed by atoms with E-state index in [1.165, 1.54) is 38.5 Å². The second-order valence-corrected chi connectivity index (χ2v) is 5.57. The largest absolute Gasteiger partial charge is 0.370 e. The molecule has 4 N–H and O–H groups in total. The van der Waals surface area contributed by atoms with E-state index in [-0.39, 0.29) is 35.9 Å². The summed E-state index contributed by atoms with van der Waals surface area (Å²) in [6, 6.07) is 0.633. The molecule has 0 aromatic heterocycles. The minimum atomic E-state index is 0. The van der Waals surface area contributed by atoms with E-state index in [0.29, 0.717) is 25.0 Å². The van der Waals surface area contributed by atoms with Gasteiger partial charge in [-0.05, 0) is 26.7 Å². The van der Waals surface area contributed by atoms with E-state index in [4.69, 9.17) is 5.73 Å². The van der Waals surface area contributed by atoms with Gasteiger partial charge in [-0.25, -0.2) is 0 Å². The number of carbonyl (C=O) groups excluding carboxylic acids is 1. The van der Waals surface area contributed by atoms with E-state index in [0.717, 1.165) is 0 Å². The van der Waals surface area contributed by atoms with Crippen LogP contribution in [0.4, 0.5) is 0 Å². The number of nitrogens with one attached hydrogen (secondary N) is 2. The zero-order valence-corrected chi connectivity index (χ0v) is 15.0. The molecule has 0 saturated heterocycles. The lowest BCUT2D eigenvalue weighted by atomic mass is 10.1. The molecule has 20 heavy (non-hydrogen) atoms. The smallest absolute Gasteiger partial charge is 0.222 e. The van der Waals surface area contributed by atoms with Crippen LogP contribution in [0.2, 0.25) is 0 Å². The molecule has 1 saturated carbocycles. The summed E-state index contributed by atoms with van der Waals surface area (Å²) >= 11 is 0. The van der Waals surface area contributed by atoms with Crippen molar-refractivity contribution >= 4 is 35.8 Å². The first-order valence-electron chi connectivity index (χ1n) is 7.43. The van der Waals surface area contributed by atoms with Gasteiger partial charge in [-0.3, -0.25) is 9.79 Å². The Labute approximate surface area is 139 Å². The number of halogens is 1. The summed E-state index contributed by atoms with van der Waals surface area (Å²) in [6.45, 7) is 4.34. The fraction of sp³-hybridized carbons (Fsp3) is 0.857. The summed E-state index contributed by atoms with van der Waals surface area (Å²) in [6.07, 6.45) is 7.91. The molecule has 5 nitrogen and oxygen atoms in total. The zero-order chi connectivity index (χ0) is 14.1. The molecule has 0 aliphatic heterocycles. The molecule has 0 aromatic carbocycles. The molecule has 0 unspecified atom stereocenters. The summed E-state index contributed by atoms with van der Waals surface area (Å²) in [5.74, 6) is 0.505. The minimum Gasteiger partial charge on any atom is -0.370 e. The van der Waals surface area contributed by atoms with Crippen molar-refractivity contribution in [1.82, 2.24) is 10.6 Å². The van der Waals surface area contributed by atoms with E-state index in [1.807, 2.05) is 13.8 Å². The number of hydrogen-bond acceptors (Lipinski definition) is 2. The molecular weight excluding hydrogens is 367 g/mol. The predicted octanol–water partition coefficient (Wildman–Crippen LogP) is 2.15. The highest BCUT2D eigenvalue weighted by atomic mass is 127. The quantitative estimate of drug-likeness (QED) is 0.288. The van der Waals surface area contributed by atoms with Crippen molar-refractivity contribution in [2.24, 2.45) is 10.7 Å². The Morgan fingerprint density at radius 2 is 1.85 bits per heavy atom. The summed E-state index contributed by atoms with van der Waals surface area (Å²) in [5, 5.41) is 6.11. The first kappa shape index (κ1) is 19.5. The molecule has 0 spiro atoms. The normalized spacial score (nSPS) is 17.2. The van der Waals surface area contributed by atoms with Crippen LogP contribution >= 0.6 is 24.0 Å². The van der Waals surface area contributed by atoms with E-state index in [2.05, 4.69) is 15.6 Å². The van der Waals surface area contributed by atoms with Gasteiger partial charge in [0.1, 0.15) is 0 Å². The Kier molecular flexibility index (Phi) is 10.9. The summed E-state index contributed by atoms with van der Waals surface area (Å²) < 4.78 is 0. The van der Waals surface area contributed by atoms with E-state index < -0.39 is 0 Å². The van der Waals surface area contributed by atoms with Crippen LogP contribution in [-0.2, 0) is 4.79 Å². The lowest BCUT2D eigenvalue weighted by Gasteiger charge is -2.16. The van der Waals surface area contributed by atoms with Gasteiger partial charge in [0.2, 0.25) is 5.91 Å². The standard InChI is InChI=1S/C14H28N4O.HI/c1-11(2)17-13(19)9-10-16-14(15)18-12-7-5-3-4-6-8-12;/h11-12H,3-10H2,1-2H3,(H,17,19)(H3,15,16,18);1H. The first-order chi connectivity index (χ1) is 9.08. The number of rotatable bonds is 5. The maximum absolute atomic E-state index is 11.4. The second-order valence-electron chi connectivity index (χ2n) is 5.57. The minimum absolute atomic E-state index is 0. The summed E-state index contributed by atoms with van der Waals surface area (Å²) in [5.41, 5.74) is 5.85. The van der Waals surface area contributed by atoms with Crippen molar-refractivity contribution in [2.45, 2.75) is 70.9 Å². The van der Waals surface area contributed by atoms with Gasteiger partial charge in [-0.15, -0.1) is 24.0 Å². The molecule has 1 amide bonds. The molecule has 1 rings (SSSR count). The van der Waals surface area contributed by atoms with Gasteiger partial charge in [-0.2, -0.15) is 0 Å². The van der Waals surface area contributed by atoms with Gasteiger partial charge in [0.05, 0.1) is 6.54 Å². The maximum atomic E-state index is 11.4. The van der Waals surface area contributed by atoms with Crippen molar-refractivity contribution in [3.63, 3.8) is 0 Å². The van der Waals surface area contributed by atoms with Gasteiger partial charge >= 0.3 is 0 Å². The average molecular weight is 396 g/mol. The number of amides is 1.